The number of nitrogens with one attached hydrogen (secondary N) is 1. The van der Waals surface area contributed by atoms with Gasteiger partial charge in [-0.25, -0.2) is 0 Å². The predicted molar refractivity (Wildman–Crippen MR) is 63.4 cm³/mol. The standard InChI is InChI=1S/C12H18F6N2O/c1-3-19-8-4-5-20(6-7(8)2)10(21)9(11(13,14)15)12(16,17)18/h7-9,19H,3-6H2,1-2H3. The van der Waals surface area contributed by atoms with Crippen molar-refractivity contribution in [2.24, 2.45) is 11.8 Å². The summed E-state index contributed by atoms with van der Waals surface area (Å²) in [6.07, 6.45) is -10.9. The Hall–Kier alpha value is -0.990. The highest BCUT2D eigenvalue weighted by Gasteiger charge is 2.62. The van der Waals surface area contributed by atoms with Crippen LogP contribution in [0.4, 0.5) is 26.3 Å². The first-order chi connectivity index (χ1) is 9.48. The molecule has 124 valence electrons. The average Bonchev–Trinajstić information content (AvgIpc) is 2.28. The molecule has 0 aromatic heterocycles. The summed E-state index contributed by atoms with van der Waals surface area (Å²) in [5.74, 6) is -6.05. The lowest BCUT2D eigenvalue weighted by atomic mass is 9.92. The molecule has 3 nitrogen and oxygen atoms in total. The number of hydrogen-bond donors (Lipinski definition) is 1. The zero-order chi connectivity index (χ0) is 16.4. The molecule has 0 spiro atoms. The number of carbonyl (C=O) groups is 1. The van der Waals surface area contributed by atoms with E-state index in [4.69, 9.17) is 0 Å². The van der Waals surface area contributed by atoms with Crippen LogP contribution in [0.15, 0.2) is 0 Å². The van der Waals surface area contributed by atoms with E-state index < -0.39 is 24.2 Å². The van der Waals surface area contributed by atoms with Crippen molar-refractivity contribution in [1.82, 2.24) is 10.2 Å². The molecule has 0 aliphatic carbocycles. The summed E-state index contributed by atoms with van der Waals surface area (Å²) < 4.78 is 75.2. The lowest BCUT2D eigenvalue weighted by Crippen LogP contribution is -2.55. The first-order valence-electron chi connectivity index (χ1n) is 6.64. The molecule has 0 saturated carbocycles. The topological polar surface area (TPSA) is 32.3 Å². The third kappa shape index (κ3) is 4.49. The zero-order valence-corrected chi connectivity index (χ0v) is 11.7. The summed E-state index contributed by atoms with van der Waals surface area (Å²) in [7, 11) is 0. The minimum atomic E-state index is -5.63. The van der Waals surface area contributed by atoms with Crippen LogP contribution in [0.2, 0.25) is 0 Å². The lowest BCUT2D eigenvalue weighted by Gasteiger charge is -2.39. The Balaban J connectivity index is 2.83. The molecule has 0 aromatic rings. The Kier molecular flexibility index (Phi) is 5.51. The van der Waals surface area contributed by atoms with Crippen LogP contribution < -0.4 is 5.32 Å². The van der Waals surface area contributed by atoms with Crippen LogP contribution in [0.1, 0.15) is 20.3 Å². The second-order valence-corrected chi connectivity index (χ2v) is 5.23. The van der Waals surface area contributed by atoms with E-state index in [1.807, 2.05) is 6.92 Å². The van der Waals surface area contributed by atoms with E-state index in [0.717, 1.165) is 0 Å². The molecule has 1 aliphatic rings. The number of nitrogens with zero attached hydrogens (tertiary/aromatic N) is 1. The molecule has 1 N–H and O–H groups in total. The molecule has 2 atom stereocenters. The monoisotopic (exact) mass is 320 g/mol. The Morgan fingerprint density at radius 3 is 2.14 bits per heavy atom. The summed E-state index contributed by atoms with van der Waals surface area (Å²) in [6.45, 7) is 3.98. The zero-order valence-electron chi connectivity index (χ0n) is 11.7. The quantitative estimate of drug-likeness (QED) is 0.811. The van der Waals surface area contributed by atoms with E-state index in [2.05, 4.69) is 5.32 Å². The van der Waals surface area contributed by atoms with E-state index in [9.17, 15) is 31.1 Å². The molecule has 0 radical (unpaired) electrons. The number of rotatable bonds is 3. The van der Waals surface area contributed by atoms with Gasteiger partial charge in [-0.15, -0.1) is 0 Å². The number of carbonyl (C=O) groups excluding carboxylic acids is 1. The van der Waals surface area contributed by atoms with Gasteiger partial charge in [-0.2, -0.15) is 26.3 Å². The van der Waals surface area contributed by atoms with Crippen molar-refractivity contribution in [3.05, 3.63) is 0 Å². The minimum Gasteiger partial charge on any atom is -0.341 e. The molecule has 1 rings (SSSR count). The normalized spacial score (nSPS) is 24.5. The van der Waals surface area contributed by atoms with Crippen LogP contribution in [-0.2, 0) is 4.79 Å². The molecule has 0 aromatic carbocycles. The van der Waals surface area contributed by atoms with Gasteiger partial charge in [-0.1, -0.05) is 13.8 Å². The van der Waals surface area contributed by atoms with E-state index in [-0.39, 0.29) is 25.0 Å². The van der Waals surface area contributed by atoms with Gasteiger partial charge < -0.3 is 10.2 Å². The van der Waals surface area contributed by atoms with Crippen molar-refractivity contribution in [3.8, 4) is 0 Å². The molecular formula is C12H18F6N2O. The number of alkyl halides is 6. The van der Waals surface area contributed by atoms with Crippen molar-refractivity contribution in [2.45, 2.75) is 38.7 Å². The van der Waals surface area contributed by atoms with E-state index in [0.29, 0.717) is 17.9 Å². The second-order valence-electron chi connectivity index (χ2n) is 5.23. The maximum absolute atomic E-state index is 12.5. The molecule has 1 saturated heterocycles. The first-order valence-corrected chi connectivity index (χ1v) is 6.64. The Bertz CT molecular complexity index is 354. The van der Waals surface area contributed by atoms with Crippen molar-refractivity contribution >= 4 is 5.91 Å². The van der Waals surface area contributed by atoms with Gasteiger partial charge in [0.2, 0.25) is 11.8 Å². The summed E-state index contributed by atoms with van der Waals surface area (Å²) in [5.41, 5.74) is 0. The van der Waals surface area contributed by atoms with Crippen LogP contribution in [0, 0.1) is 11.8 Å². The van der Waals surface area contributed by atoms with Gasteiger partial charge in [0.05, 0.1) is 0 Å². The van der Waals surface area contributed by atoms with Gasteiger partial charge >= 0.3 is 12.4 Å². The van der Waals surface area contributed by atoms with Crippen molar-refractivity contribution in [3.63, 3.8) is 0 Å². The number of piperidine rings is 1. The molecule has 21 heavy (non-hydrogen) atoms. The van der Waals surface area contributed by atoms with E-state index in [1.54, 1.807) is 6.92 Å². The third-order valence-electron chi connectivity index (χ3n) is 3.58. The summed E-state index contributed by atoms with van der Waals surface area (Å²) >= 11 is 0. The minimum absolute atomic E-state index is 0.00530. The highest BCUT2D eigenvalue weighted by Crippen LogP contribution is 2.40. The van der Waals surface area contributed by atoms with Crippen molar-refractivity contribution < 1.29 is 31.1 Å². The first kappa shape index (κ1) is 18.1. The fourth-order valence-electron chi connectivity index (χ4n) is 2.56. The van der Waals surface area contributed by atoms with E-state index in [1.165, 1.54) is 0 Å². The van der Waals surface area contributed by atoms with Crippen LogP contribution in [0.25, 0.3) is 0 Å². The number of hydrogen-bond acceptors (Lipinski definition) is 2. The molecule has 0 bridgehead atoms. The van der Waals surface area contributed by atoms with Gasteiger partial charge in [-0.05, 0) is 18.9 Å². The fraction of sp³-hybridized carbons (Fsp3) is 0.917. The highest BCUT2D eigenvalue weighted by molar-refractivity contribution is 5.80. The Morgan fingerprint density at radius 2 is 1.76 bits per heavy atom. The van der Waals surface area contributed by atoms with Gasteiger partial charge in [-0.3, -0.25) is 4.79 Å². The molecule has 2 unspecified atom stereocenters. The van der Waals surface area contributed by atoms with Crippen LogP contribution in [0.3, 0.4) is 0 Å². The van der Waals surface area contributed by atoms with Gasteiger partial charge in [0.25, 0.3) is 0 Å². The number of likely N-dealkylation sites (tertiary alicyclic amines) is 1. The van der Waals surface area contributed by atoms with Crippen LogP contribution in [0.5, 0.6) is 0 Å². The largest absolute Gasteiger partial charge is 0.409 e. The van der Waals surface area contributed by atoms with Crippen LogP contribution in [-0.4, -0.2) is 48.8 Å². The smallest absolute Gasteiger partial charge is 0.341 e. The molecule has 1 amide bonds. The molecule has 1 heterocycles. The number of halogens is 6. The van der Waals surface area contributed by atoms with E-state index >= 15 is 0 Å². The lowest BCUT2D eigenvalue weighted by molar-refractivity contribution is -0.278. The molecule has 1 fully saturated rings. The third-order valence-corrected chi connectivity index (χ3v) is 3.58. The van der Waals surface area contributed by atoms with Crippen LogP contribution >= 0.6 is 0 Å². The molecule has 9 heteroatoms. The van der Waals surface area contributed by atoms with Gasteiger partial charge in [0.15, 0.2) is 0 Å². The second kappa shape index (κ2) is 6.41. The van der Waals surface area contributed by atoms with Gasteiger partial charge in [0, 0.05) is 19.1 Å². The number of amides is 1. The fourth-order valence-corrected chi connectivity index (χ4v) is 2.56. The predicted octanol–water partition coefficient (Wildman–Crippen LogP) is 2.57. The van der Waals surface area contributed by atoms with Gasteiger partial charge in [0.1, 0.15) is 0 Å². The van der Waals surface area contributed by atoms with Crippen molar-refractivity contribution in [2.75, 3.05) is 19.6 Å². The average molecular weight is 320 g/mol. The maximum Gasteiger partial charge on any atom is 0.409 e. The Morgan fingerprint density at radius 1 is 1.24 bits per heavy atom. The summed E-state index contributed by atoms with van der Waals surface area (Å²) in [4.78, 5) is 12.3. The molecule has 1 aliphatic heterocycles. The summed E-state index contributed by atoms with van der Waals surface area (Å²) in [6, 6.07) is -0.00530. The summed E-state index contributed by atoms with van der Waals surface area (Å²) in [5, 5.41) is 3.10. The molecular weight excluding hydrogens is 302 g/mol. The Labute approximate surface area is 118 Å². The SMILES string of the molecule is CCNC1CCN(C(=O)C(C(F)(F)F)C(F)(F)F)CC1C. The van der Waals surface area contributed by atoms with Crippen molar-refractivity contribution in [1.29, 1.82) is 0 Å². The highest BCUT2D eigenvalue weighted by atomic mass is 19.4. The maximum atomic E-state index is 12.5.